The van der Waals surface area contributed by atoms with E-state index in [0.717, 1.165) is 38.4 Å². The van der Waals surface area contributed by atoms with Crippen LogP contribution in [0.1, 0.15) is 54.8 Å². The van der Waals surface area contributed by atoms with Gasteiger partial charge in [-0.2, -0.15) is 0 Å². The molecule has 0 aliphatic heterocycles. The topological polar surface area (TPSA) is 69.0 Å². The van der Waals surface area contributed by atoms with Crippen molar-refractivity contribution in [2.45, 2.75) is 65.8 Å². The predicted molar refractivity (Wildman–Crippen MR) is 138 cm³/mol. The molecule has 8 heteroatoms. The highest BCUT2D eigenvalue weighted by Crippen LogP contribution is 2.29. The lowest BCUT2D eigenvalue weighted by atomic mass is 10.0. The van der Waals surface area contributed by atoms with Crippen molar-refractivity contribution in [3.05, 3.63) is 62.9 Å². The molecule has 0 aliphatic rings. The van der Waals surface area contributed by atoms with Gasteiger partial charge in [0.05, 0.1) is 5.75 Å². The number of carbonyl (C=O) groups is 1. The molecular weight excluding hydrogens is 500 g/mol. The van der Waals surface area contributed by atoms with E-state index in [-0.39, 0.29) is 11.7 Å². The van der Waals surface area contributed by atoms with Crippen molar-refractivity contribution in [1.29, 1.82) is 0 Å². The molecule has 0 unspecified atom stereocenters. The number of aromatic nitrogens is 3. The molecule has 176 valence electrons. The minimum absolute atomic E-state index is 0.0710. The SMILES string of the molecule is CCn1c(COc2cc(C)ccc2C(C)C)nnc1SCC(=O)Nc1c(C)cc(Br)cc1C. The zero-order valence-corrected chi connectivity index (χ0v) is 22.4. The van der Waals surface area contributed by atoms with E-state index in [0.29, 0.717) is 24.2 Å². The van der Waals surface area contributed by atoms with Crippen molar-refractivity contribution >= 4 is 39.3 Å². The molecule has 0 saturated heterocycles. The number of hydrogen-bond acceptors (Lipinski definition) is 5. The van der Waals surface area contributed by atoms with Gasteiger partial charge in [-0.3, -0.25) is 4.79 Å². The van der Waals surface area contributed by atoms with Gasteiger partial charge in [0.2, 0.25) is 5.91 Å². The summed E-state index contributed by atoms with van der Waals surface area (Å²) in [5.74, 6) is 2.18. The van der Waals surface area contributed by atoms with Crippen LogP contribution < -0.4 is 10.1 Å². The molecule has 1 amide bonds. The first-order valence-corrected chi connectivity index (χ1v) is 12.8. The van der Waals surface area contributed by atoms with Gasteiger partial charge in [-0.15, -0.1) is 10.2 Å². The molecule has 6 nitrogen and oxygen atoms in total. The second kappa shape index (κ2) is 11.2. The van der Waals surface area contributed by atoms with Crippen LogP contribution in [-0.2, 0) is 17.9 Å². The van der Waals surface area contributed by atoms with Gasteiger partial charge in [0, 0.05) is 16.7 Å². The van der Waals surface area contributed by atoms with Gasteiger partial charge in [-0.25, -0.2) is 0 Å². The van der Waals surface area contributed by atoms with Crippen molar-refractivity contribution in [1.82, 2.24) is 14.8 Å². The average molecular weight is 532 g/mol. The second-order valence-corrected chi connectivity index (χ2v) is 10.2. The van der Waals surface area contributed by atoms with Crippen LogP contribution in [-0.4, -0.2) is 26.4 Å². The van der Waals surface area contributed by atoms with Crippen LogP contribution in [0.5, 0.6) is 5.75 Å². The standard InChI is InChI=1S/C25H31BrN4O2S/c1-7-30-22(13-32-21-10-16(4)8-9-20(21)15(2)3)28-29-25(30)33-14-23(31)27-24-17(5)11-19(26)12-18(24)6/h8-12,15H,7,13-14H2,1-6H3,(H,27,31). The highest BCUT2D eigenvalue weighted by molar-refractivity contribution is 9.10. The molecule has 0 radical (unpaired) electrons. The molecule has 3 aromatic rings. The first-order valence-electron chi connectivity index (χ1n) is 11.0. The number of nitrogens with zero attached hydrogens (tertiary/aromatic N) is 3. The Kier molecular flexibility index (Phi) is 8.59. The van der Waals surface area contributed by atoms with Gasteiger partial charge in [0.1, 0.15) is 12.4 Å². The van der Waals surface area contributed by atoms with Crippen molar-refractivity contribution in [2.75, 3.05) is 11.1 Å². The second-order valence-electron chi connectivity index (χ2n) is 8.38. The molecule has 33 heavy (non-hydrogen) atoms. The van der Waals surface area contributed by atoms with Crippen molar-refractivity contribution in [3.63, 3.8) is 0 Å². The summed E-state index contributed by atoms with van der Waals surface area (Å²) in [7, 11) is 0. The largest absolute Gasteiger partial charge is 0.485 e. The maximum Gasteiger partial charge on any atom is 0.234 e. The lowest BCUT2D eigenvalue weighted by Crippen LogP contribution is -2.16. The lowest BCUT2D eigenvalue weighted by Gasteiger charge is -2.15. The van der Waals surface area contributed by atoms with Crippen molar-refractivity contribution in [2.24, 2.45) is 0 Å². The van der Waals surface area contributed by atoms with Gasteiger partial charge in [0.15, 0.2) is 11.0 Å². The number of benzene rings is 2. The Morgan fingerprint density at radius 1 is 1.15 bits per heavy atom. The summed E-state index contributed by atoms with van der Waals surface area (Å²) in [6.07, 6.45) is 0. The summed E-state index contributed by atoms with van der Waals surface area (Å²) in [4.78, 5) is 12.6. The summed E-state index contributed by atoms with van der Waals surface area (Å²) in [6.45, 7) is 13.4. The summed E-state index contributed by atoms with van der Waals surface area (Å²) in [5.41, 5.74) is 5.23. The third-order valence-corrected chi connectivity index (χ3v) is 6.78. The number of ether oxygens (including phenoxy) is 1. The third kappa shape index (κ3) is 6.38. The van der Waals surface area contributed by atoms with Gasteiger partial charge in [-0.1, -0.05) is 53.7 Å². The normalized spacial score (nSPS) is 11.2. The van der Waals surface area contributed by atoms with E-state index in [1.54, 1.807) is 0 Å². The van der Waals surface area contributed by atoms with E-state index in [2.05, 4.69) is 70.4 Å². The number of carbonyl (C=O) groups excluding carboxylic acids is 1. The number of anilines is 1. The number of halogens is 1. The quantitative estimate of drug-likeness (QED) is 0.323. The lowest BCUT2D eigenvalue weighted by molar-refractivity contribution is -0.113. The first kappa shape index (κ1) is 25.3. The van der Waals surface area contributed by atoms with E-state index in [1.165, 1.54) is 17.3 Å². The summed E-state index contributed by atoms with van der Waals surface area (Å²) < 4.78 is 9.15. The van der Waals surface area contributed by atoms with Gasteiger partial charge < -0.3 is 14.6 Å². The summed E-state index contributed by atoms with van der Waals surface area (Å²) >= 11 is 4.87. The Bertz CT molecular complexity index is 1120. The molecule has 2 aromatic carbocycles. The fraction of sp³-hybridized carbons (Fsp3) is 0.400. The van der Waals surface area contributed by atoms with Crippen LogP contribution in [0.4, 0.5) is 5.69 Å². The van der Waals surface area contributed by atoms with Crippen LogP contribution in [0.2, 0.25) is 0 Å². The molecule has 0 aliphatic carbocycles. The van der Waals surface area contributed by atoms with Gasteiger partial charge >= 0.3 is 0 Å². The molecule has 1 heterocycles. The highest BCUT2D eigenvalue weighted by atomic mass is 79.9. The zero-order valence-electron chi connectivity index (χ0n) is 20.0. The summed E-state index contributed by atoms with van der Waals surface area (Å²) in [5, 5.41) is 12.4. The minimum Gasteiger partial charge on any atom is -0.485 e. The molecule has 1 N–H and O–H groups in total. The van der Waals surface area contributed by atoms with E-state index in [1.807, 2.05) is 37.5 Å². The third-order valence-electron chi connectivity index (χ3n) is 5.35. The molecule has 0 bridgehead atoms. The number of aryl methyl sites for hydroxylation is 3. The smallest absolute Gasteiger partial charge is 0.234 e. The van der Waals surface area contributed by atoms with Crippen LogP contribution in [0.25, 0.3) is 0 Å². The Hall–Kier alpha value is -2.32. The Morgan fingerprint density at radius 3 is 2.48 bits per heavy atom. The number of hydrogen-bond donors (Lipinski definition) is 1. The zero-order chi connectivity index (χ0) is 24.1. The van der Waals surface area contributed by atoms with E-state index < -0.39 is 0 Å². The monoisotopic (exact) mass is 530 g/mol. The van der Waals surface area contributed by atoms with Crippen LogP contribution >= 0.6 is 27.7 Å². The molecule has 1 aromatic heterocycles. The summed E-state index contributed by atoms with van der Waals surface area (Å²) in [6, 6.07) is 10.3. The molecule has 0 atom stereocenters. The van der Waals surface area contributed by atoms with E-state index in [4.69, 9.17) is 4.74 Å². The number of rotatable bonds is 9. The van der Waals surface area contributed by atoms with Crippen LogP contribution in [0.15, 0.2) is 40.0 Å². The molecular formula is C25H31BrN4O2S. The van der Waals surface area contributed by atoms with Crippen molar-refractivity contribution < 1.29 is 9.53 Å². The molecule has 3 rings (SSSR count). The van der Waals surface area contributed by atoms with Gasteiger partial charge in [0.25, 0.3) is 0 Å². The van der Waals surface area contributed by atoms with Crippen LogP contribution in [0.3, 0.4) is 0 Å². The molecule has 0 saturated carbocycles. The Balaban J connectivity index is 1.65. The fourth-order valence-corrected chi connectivity index (χ4v) is 5.16. The fourth-order valence-electron chi connectivity index (χ4n) is 3.65. The predicted octanol–water partition coefficient (Wildman–Crippen LogP) is 6.42. The first-order chi connectivity index (χ1) is 15.7. The number of amides is 1. The Labute approximate surface area is 208 Å². The minimum atomic E-state index is -0.0710. The van der Waals surface area contributed by atoms with Crippen LogP contribution in [0, 0.1) is 20.8 Å². The average Bonchev–Trinajstić information content (AvgIpc) is 3.14. The maximum atomic E-state index is 12.6. The van der Waals surface area contributed by atoms with E-state index >= 15 is 0 Å². The van der Waals surface area contributed by atoms with E-state index in [9.17, 15) is 4.79 Å². The highest BCUT2D eigenvalue weighted by Gasteiger charge is 2.16. The Morgan fingerprint density at radius 2 is 1.85 bits per heavy atom. The molecule has 0 spiro atoms. The van der Waals surface area contributed by atoms with Crippen molar-refractivity contribution in [3.8, 4) is 5.75 Å². The number of nitrogens with one attached hydrogen (secondary N) is 1. The molecule has 0 fully saturated rings. The maximum absolute atomic E-state index is 12.6. The van der Waals surface area contributed by atoms with Gasteiger partial charge in [-0.05, 0) is 74.1 Å². The number of thioether (sulfide) groups is 1.